The van der Waals surface area contributed by atoms with Crippen molar-refractivity contribution in [2.75, 3.05) is 13.2 Å². The van der Waals surface area contributed by atoms with Gasteiger partial charge in [-0.05, 0) is 58.9 Å². The molecule has 0 aliphatic heterocycles. The van der Waals surface area contributed by atoms with Gasteiger partial charge in [-0.25, -0.2) is 0 Å². The first-order chi connectivity index (χ1) is 8.60. The number of aliphatic hydroxyl groups is 1. The zero-order chi connectivity index (χ0) is 13.2. The summed E-state index contributed by atoms with van der Waals surface area (Å²) in [6, 6.07) is 1.93. The van der Waals surface area contributed by atoms with Crippen molar-refractivity contribution >= 4 is 0 Å². The smallest absolute Gasteiger partial charge is 0.0613 e. The van der Waals surface area contributed by atoms with Crippen LogP contribution in [0, 0.1) is 0 Å². The maximum atomic E-state index is 9.85. The van der Waals surface area contributed by atoms with Gasteiger partial charge in [-0.2, -0.15) is 0 Å². The molecule has 3 heteroatoms. The van der Waals surface area contributed by atoms with Crippen LogP contribution in [0.1, 0.15) is 59.3 Å². The Morgan fingerprint density at radius 2 is 2.06 bits per heavy atom. The Balaban J connectivity index is 2.00. The SMILES string of the molecule is CCN(C(C)C)C1CCCC(CO)(NC2CC2)C1. The lowest BCUT2D eigenvalue weighted by Crippen LogP contribution is -2.57. The zero-order valence-corrected chi connectivity index (χ0v) is 12.3. The highest BCUT2D eigenvalue weighted by atomic mass is 16.3. The van der Waals surface area contributed by atoms with Crippen molar-refractivity contribution in [2.45, 2.75) is 83.0 Å². The lowest BCUT2D eigenvalue weighted by Gasteiger charge is -2.45. The van der Waals surface area contributed by atoms with Gasteiger partial charge >= 0.3 is 0 Å². The molecule has 0 bridgehead atoms. The molecule has 2 aliphatic carbocycles. The summed E-state index contributed by atoms with van der Waals surface area (Å²) in [5.74, 6) is 0. The highest BCUT2D eigenvalue weighted by Crippen LogP contribution is 2.35. The molecular formula is C15H30N2O. The quantitative estimate of drug-likeness (QED) is 0.762. The number of nitrogens with zero attached hydrogens (tertiary/aromatic N) is 1. The van der Waals surface area contributed by atoms with Crippen molar-refractivity contribution in [3.63, 3.8) is 0 Å². The van der Waals surface area contributed by atoms with E-state index >= 15 is 0 Å². The third kappa shape index (κ3) is 3.25. The first-order valence-corrected chi connectivity index (χ1v) is 7.74. The fourth-order valence-electron chi connectivity index (χ4n) is 3.64. The van der Waals surface area contributed by atoms with Crippen LogP contribution in [0.15, 0.2) is 0 Å². The number of hydrogen-bond donors (Lipinski definition) is 2. The molecule has 2 saturated carbocycles. The average molecular weight is 254 g/mol. The van der Waals surface area contributed by atoms with Gasteiger partial charge in [-0.3, -0.25) is 4.90 Å². The van der Waals surface area contributed by atoms with Crippen molar-refractivity contribution in [1.82, 2.24) is 10.2 Å². The van der Waals surface area contributed by atoms with E-state index < -0.39 is 0 Å². The molecule has 2 aliphatic rings. The Bertz CT molecular complexity index is 265. The number of aliphatic hydroxyl groups excluding tert-OH is 1. The molecule has 0 amide bonds. The highest BCUT2D eigenvalue weighted by Gasteiger charge is 2.41. The van der Waals surface area contributed by atoms with Crippen LogP contribution in [0.2, 0.25) is 0 Å². The lowest BCUT2D eigenvalue weighted by atomic mass is 9.78. The van der Waals surface area contributed by atoms with E-state index in [2.05, 4.69) is 31.0 Å². The predicted molar refractivity (Wildman–Crippen MR) is 75.7 cm³/mol. The fourth-order valence-corrected chi connectivity index (χ4v) is 3.64. The summed E-state index contributed by atoms with van der Waals surface area (Å²) in [6.07, 6.45) is 7.40. The first-order valence-electron chi connectivity index (χ1n) is 7.74. The molecule has 0 aromatic carbocycles. The molecule has 2 atom stereocenters. The van der Waals surface area contributed by atoms with Crippen molar-refractivity contribution in [3.8, 4) is 0 Å². The van der Waals surface area contributed by atoms with Gasteiger partial charge in [0, 0.05) is 23.7 Å². The first kappa shape index (κ1) is 14.3. The van der Waals surface area contributed by atoms with Crippen molar-refractivity contribution in [2.24, 2.45) is 0 Å². The number of rotatable bonds is 6. The third-order valence-corrected chi connectivity index (χ3v) is 4.71. The van der Waals surface area contributed by atoms with Crippen LogP contribution in [0.4, 0.5) is 0 Å². The average Bonchev–Trinajstić information content (AvgIpc) is 3.14. The van der Waals surface area contributed by atoms with E-state index in [0.717, 1.165) is 19.4 Å². The van der Waals surface area contributed by atoms with E-state index in [-0.39, 0.29) is 5.54 Å². The topological polar surface area (TPSA) is 35.5 Å². The van der Waals surface area contributed by atoms with Gasteiger partial charge in [0.25, 0.3) is 0 Å². The van der Waals surface area contributed by atoms with Crippen LogP contribution in [0.25, 0.3) is 0 Å². The minimum Gasteiger partial charge on any atom is -0.394 e. The molecule has 2 N–H and O–H groups in total. The van der Waals surface area contributed by atoms with Crippen LogP contribution in [0.5, 0.6) is 0 Å². The van der Waals surface area contributed by atoms with Crippen molar-refractivity contribution < 1.29 is 5.11 Å². The van der Waals surface area contributed by atoms with Gasteiger partial charge in [0.15, 0.2) is 0 Å². The molecule has 0 aromatic heterocycles. The van der Waals surface area contributed by atoms with E-state index in [9.17, 15) is 5.11 Å². The molecule has 0 aromatic rings. The largest absolute Gasteiger partial charge is 0.394 e. The summed E-state index contributed by atoms with van der Waals surface area (Å²) >= 11 is 0. The van der Waals surface area contributed by atoms with E-state index in [0.29, 0.717) is 24.7 Å². The monoisotopic (exact) mass is 254 g/mol. The summed E-state index contributed by atoms with van der Waals surface area (Å²) in [5, 5.41) is 13.6. The van der Waals surface area contributed by atoms with E-state index in [1.54, 1.807) is 0 Å². The van der Waals surface area contributed by atoms with Gasteiger partial charge in [0.2, 0.25) is 0 Å². The van der Waals surface area contributed by atoms with Gasteiger partial charge < -0.3 is 10.4 Å². The Kier molecular flexibility index (Phi) is 4.68. The molecule has 2 unspecified atom stereocenters. The zero-order valence-electron chi connectivity index (χ0n) is 12.3. The Morgan fingerprint density at radius 3 is 2.56 bits per heavy atom. The Labute approximate surface area is 112 Å². The van der Waals surface area contributed by atoms with Crippen LogP contribution in [0.3, 0.4) is 0 Å². The highest BCUT2D eigenvalue weighted by molar-refractivity contribution is 5.00. The Morgan fingerprint density at radius 1 is 1.33 bits per heavy atom. The summed E-state index contributed by atoms with van der Waals surface area (Å²) < 4.78 is 0. The molecule has 2 fully saturated rings. The van der Waals surface area contributed by atoms with Crippen LogP contribution in [-0.2, 0) is 0 Å². The van der Waals surface area contributed by atoms with Gasteiger partial charge in [0.05, 0.1) is 6.61 Å². The molecule has 0 spiro atoms. The molecule has 106 valence electrons. The Hall–Kier alpha value is -0.120. The predicted octanol–water partition coefficient (Wildman–Crippen LogP) is 2.14. The maximum absolute atomic E-state index is 9.85. The van der Waals surface area contributed by atoms with Crippen LogP contribution in [-0.4, -0.2) is 46.8 Å². The molecule has 0 heterocycles. The van der Waals surface area contributed by atoms with Gasteiger partial charge in [-0.1, -0.05) is 6.92 Å². The second-order valence-corrected chi connectivity index (χ2v) is 6.53. The summed E-state index contributed by atoms with van der Waals surface area (Å²) in [7, 11) is 0. The fraction of sp³-hybridized carbons (Fsp3) is 1.00. The minimum absolute atomic E-state index is 0.00634. The number of hydrogen-bond acceptors (Lipinski definition) is 3. The minimum atomic E-state index is 0.00634. The second kappa shape index (κ2) is 5.89. The van der Waals surface area contributed by atoms with E-state index in [1.165, 1.54) is 25.7 Å². The molecule has 0 saturated heterocycles. The van der Waals surface area contributed by atoms with Gasteiger partial charge in [-0.15, -0.1) is 0 Å². The number of nitrogens with one attached hydrogen (secondary N) is 1. The van der Waals surface area contributed by atoms with Crippen LogP contribution < -0.4 is 5.32 Å². The van der Waals surface area contributed by atoms with E-state index in [4.69, 9.17) is 0 Å². The van der Waals surface area contributed by atoms with E-state index in [1.807, 2.05) is 0 Å². The van der Waals surface area contributed by atoms with Crippen molar-refractivity contribution in [3.05, 3.63) is 0 Å². The molecule has 18 heavy (non-hydrogen) atoms. The molecule has 3 nitrogen and oxygen atoms in total. The third-order valence-electron chi connectivity index (χ3n) is 4.71. The summed E-state index contributed by atoms with van der Waals surface area (Å²) in [6.45, 7) is 8.24. The van der Waals surface area contributed by atoms with Crippen molar-refractivity contribution in [1.29, 1.82) is 0 Å². The second-order valence-electron chi connectivity index (χ2n) is 6.53. The molecular weight excluding hydrogens is 224 g/mol. The summed E-state index contributed by atoms with van der Waals surface area (Å²) in [5.41, 5.74) is 0.00634. The normalized spacial score (nSPS) is 33.3. The standard InChI is InChI=1S/C15H30N2O/c1-4-17(12(2)3)14-6-5-9-15(10-14,11-18)16-13-7-8-13/h12-14,16,18H,4-11H2,1-3H3. The van der Waals surface area contributed by atoms with Gasteiger partial charge in [0.1, 0.15) is 0 Å². The maximum Gasteiger partial charge on any atom is 0.0613 e. The lowest BCUT2D eigenvalue weighted by molar-refractivity contribution is 0.0470. The summed E-state index contributed by atoms with van der Waals surface area (Å²) in [4.78, 5) is 2.60. The molecule has 0 radical (unpaired) electrons. The van der Waals surface area contributed by atoms with Crippen LogP contribution >= 0.6 is 0 Å². The molecule has 2 rings (SSSR count).